The Morgan fingerprint density at radius 2 is 2.20 bits per heavy atom. The van der Waals surface area contributed by atoms with Crippen LogP contribution in [0.15, 0.2) is 12.3 Å². The van der Waals surface area contributed by atoms with Crippen molar-refractivity contribution in [3.05, 3.63) is 12.3 Å². The molecular formula is C8H17NO. The molecule has 10 heavy (non-hydrogen) atoms. The molecule has 60 valence electrons. The van der Waals surface area contributed by atoms with Crippen molar-refractivity contribution in [2.45, 2.75) is 20.3 Å². The lowest BCUT2D eigenvalue weighted by atomic mass is 10.5. The van der Waals surface area contributed by atoms with Gasteiger partial charge in [0.2, 0.25) is 0 Å². The summed E-state index contributed by atoms with van der Waals surface area (Å²) in [5.41, 5.74) is 0. The second kappa shape index (κ2) is 8.50. The minimum absolute atomic E-state index is 0.768. The molecule has 1 N–H and O–H groups in total. The molecular weight excluding hydrogens is 126 g/mol. The van der Waals surface area contributed by atoms with Gasteiger partial charge in [-0.3, -0.25) is 0 Å². The van der Waals surface area contributed by atoms with Crippen molar-refractivity contribution in [2.75, 3.05) is 19.7 Å². The number of hydrogen-bond donors (Lipinski definition) is 1. The molecule has 0 fully saturated rings. The fourth-order valence-electron chi connectivity index (χ4n) is 0.540. The molecule has 0 aromatic rings. The topological polar surface area (TPSA) is 21.3 Å². The summed E-state index contributed by atoms with van der Waals surface area (Å²) >= 11 is 0. The van der Waals surface area contributed by atoms with Gasteiger partial charge in [-0.2, -0.15) is 0 Å². The molecule has 0 saturated carbocycles. The van der Waals surface area contributed by atoms with Gasteiger partial charge >= 0.3 is 0 Å². The molecule has 0 bridgehead atoms. The Morgan fingerprint density at radius 1 is 1.40 bits per heavy atom. The van der Waals surface area contributed by atoms with E-state index in [1.807, 2.05) is 6.08 Å². The third-order valence-corrected chi connectivity index (χ3v) is 1.07. The van der Waals surface area contributed by atoms with Gasteiger partial charge in [0.05, 0.1) is 12.9 Å². The zero-order chi connectivity index (χ0) is 7.66. The Labute approximate surface area is 63.3 Å². The molecule has 0 aromatic heterocycles. The van der Waals surface area contributed by atoms with E-state index in [4.69, 9.17) is 4.74 Å². The Bertz CT molecular complexity index is 81.3. The lowest BCUT2D eigenvalue weighted by Gasteiger charge is -1.99. The lowest BCUT2D eigenvalue weighted by Crippen LogP contribution is -2.17. The molecule has 0 atom stereocenters. The molecule has 0 aliphatic rings. The molecule has 2 heteroatoms. The van der Waals surface area contributed by atoms with Crippen LogP contribution in [-0.2, 0) is 4.74 Å². The maximum atomic E-state index is 5.13. The zero-order valence-corrected chi connectivity index (χ0v) is 6.89. The summed E-state index contributed by atoms with van der Waals surface area (Å²) in [6.07, 6.45) is 4.81. The van der Waals surface area contributed by atoms with Crippen LogP contribution >= 0.6 is 0 Å². The predicted octanol–water partition coefficient (Wildman–Crippen LogP) is 1.54. The maximum absolute atomic E-state index is 5.13. The third-order valence-electron chi connectivity index (χ3n) is 1.07. The fraction of sp³-hybridized carbons (Fsp3) is 0.750. The zero-order valence-electron chi connectivity index (χ0n) is 6.89. The normalized spacial score (nSPS) is 10.6. The first-order chi connectivity index (χ1) is 4.91. The Balaban J connectivity index is 2.83. The quantitative estimate of drug-likeness (QED) is 0.450. The smallest absolute Gasteiger partial charge is 0.0997 e. The monoisotopic (exact) mass is 143 g/mol. The van der Waals surface area contributed by atoms with Crippen molar-refractivity contribution in [1.82, 2.24) is 5.32 Å². The Kier molecular flexibility index (Phi) is 8.07. The summed E-state index contributed by atoms with van der Waals surface area (Å²) in [5, 5.41) is 3.17. The first-order valence-corrected chi connectivity index (χ1v) is 3.89. The summed E-state index contributed by atoms with van der Waals surface area (Å²) in [6.45, 7) is 6.89. The summed E-state index contributed by atoms with van der Waals surface area (Å²) in [5.74, 6) is 0. The molecule has 0 amide bonds. The van der Waals surface area contributed by atoms with Crippen molar-refractivity contribution in [3.63, 3.8) is 0 Å². The number of nitrogens with one attached hydrogen (secondary N) is 1. The molecule has 0 saturated heterocycles. The number of rotatable bonds is 6. The number of likely N-dealkylation sites (N-methyl/N-ethyl adjacent to an activating group) is 1. The maximum Gasteiger partial charge on any atom is 0.0997 e. The second-order valence-corrected chi connectivity index (χ2v) is 2.00. The van der Waals surface area contributed by atoms with Gasteiger partial charge in [0, 0.05) is 6.54 Å². The first kappa shape index (κ1) is 9.50. The molecule has 0 spiro atoms. The average Bonchev–Trinajstić information content (AvgIpc) is 1.97. The second-order valence-electron chi connectivity index (χ2n) is 2.00. The van der Waals surface area contributed by atoms with E-state index in [-0.39, 0.29) is 0 Å². The van der Waals surface area contributed by atoms with Crippen molar-refractivity contribution in [3.8, 4) is 0 Å². The van der Waals surface area contributed by atoms with Crippen LogP contribution in [0.1, 0.15) is 20.3 Å². The summed E-state index contributed by atoms with van der Waals surface area (Å²) in [4.78, 5) is 0. The Morgan fingerprint density at radius 3 is 2.80 bits per heavy atom. The van der Waals surface area contributed by atoms with Crippen molar-refractivity contribution < 1.29 is 4.74 Å². The van der Waals surface area contributed by atoms with Gasteiger partial charge in [0.25, 0.3) is 0 Å². The number of allylic oxidation sites excluding steroid dienone is 1. The van der Waals surface area contributed by atoms with E-state index in [0.717, 1.165) is 26.1 Å². The highest BCUT2D eigenvalue weighted by Gasteiger charge is 1.79. The molecule has 0 unspecified atom stereocenters. The fourth-order valence-corrected chi connectivity index (χ4v) is 0.540. The van der Waals surface area contributed by atoms with Gasteiger partial charge < -0.3 is 10.1 Å². The molecule has 0 aliphatic carbocycles. The van der Waals surface area contributed by atoms with Crippen molar-refractivity contribution in [2.24, 2.45) is 0 Å². The van der Waals surface area contributed by atoms with Crippen molar-refractivity contribution >= 4 is 0 Å². The van der Waals surface area contributed by atoms with Gasteiger partial charge in [-0.05, 0) is 13.0 Å². The van der Waals surface area contributed by atoms with Crippen LogP contribution in [0.3, 0.4) is 0 Å². The largest absolute Gasteiger partial charge is 0.500 e. The van der Waals surface area contributed by atoms with E-state index in [9.17, 15) is 0 Å². The average molecular weight is 143 g/mol. The number of hydrogen-bond acceptors (Lipinski definition) is 2. The van der Waals surface area contributed by atoms with Gasteiger partial charge in [-0.25, -0.2) is 0 Å². The highest BCUT2D eigenvalue weighted by Crippen LogP contribution is 1.80. The van der Waals surface area contributed by atoms with E-state index >= 15 is 0 Å². The van der Waals surface area contributed by atoms with E-state index in [1.165, 1.54) is 0 Å². The molecule has 0 rings (SSSR count). The third kappa shape index (κ3) is 7.50. The van der Waals surface area contributed by atoms with Crippen molar-refractivity contribution in [1.29, 1.82) is 0 Å². The standard InChI is InChI=1S/C8H17NO/c1-3-5-7-10-8-6-9-4-2/h5,7,9H,3-4,6,8H2,1-2H3. The highest BCUT2D eigenvalue weighted by molar-refractivity contribution is 4.70. The van der Waals surface area contributed by atoms with Gasteiger partial charge in [-0.15, -0.1) is 0 Å². The minimum atomic E-state index is 0.768. The lowest BCUT2D eigenvalue weighted by molar-refractivity contribution is 0.249. The number of ether oxygens (including phenoxy) is 1. The molecule has 0 radical (unpaired) electrons. The van der Waals surface area contributed by atoms with E-state index < -0.39 is 0 Å². The van der Waals surface area contributed by atoms with Crippen LogP contribution in [0.2, 0.25) is 0 Å². The molecule has 0 aromatic carbocycles. The molecule has 0 heterocycles. The predicted molar refractivity (Wildman–Crippen MR) is 43.9 cm³/mol. The van der Waals surface area contributed by atoms with Crippen LogP contribution in [0, 0.1) is 0 Å². The summed E-state index contributed by atoms with van der Waals surface area (Å²) < 4.78 is 5.13. The minimum Gasteiger partial charge on any atom is -0.500 e. The van der Waals surface area contributed by atoms with E-state index in [0.29, 0.717) is 0 Å². The van der Waals surface area contributed by atoms with Crippen LogP contribution in [0.5, 0.6) is 0 Å². The van der Waals surface area contributed by atoms with E-state index in [2.05, 4.69) is 19.2 Å². The van der Waals surface area contributed by atoms with Gasteiger partial charge in [0.15, 0.2) is 0 Å². The van der Waals surface area contributed by atoms with Crippen LogP contribution in [0.4, 0.5) is 0 Å². The summed E-state index contributed by atoms with van der Waals surface area (Å²) in [7, 11) is 0. The summed E-state index contributed by atoms with van der Waals surface area (Å²) in [6, 6.07) is 0. The van der Waals surface area contributed by atoms with Gasteiger partial charge in [0.1, 0.15) is 0 Å². The van der Waals surface area contributed by atoms with Gasteiger partial charge in [-0.1, -0.05) is 19.9 Å². The van der Waals surface area contributed by atoms with Crippen LogP contribution < -0.4 is 5.32 Å². The SMILES string of the molecule is CCC=COCCNCC. The molecule has 2 nitrogen and oxygen atoms in total. The first-order valence-electron chi connectivity index (χ1n) is 3.89. The molecule has 0 aliphatic heterocycles. The van der Waals surface area contributed by atoms with Crippen LogP contribution in [0.25, 0.3) is 0 Å². The highest BCUT2D eigenvalue weighted by atomic mass is 16.5. The van der Waals surface area contributed by atoms with E-state index in [1.54, 1.807) is 6.26 Å². The van der Waals surface area contributed by atoms with Crippen LogP contribution in [-0.4, -0.2) is 19.7 Å². The Hall–Kier alpha value is -0.500.